The van der Waals surface area contributed by atoms with Gasteiger partial charge in [0.1, 0.15) is 17.7 Å². The number of hydrogen-bond donors (Lipinski definition) is 2. The predicted molar refractivity (Wildman–Crippen MR) is 93.6 cm³/mol. The zero-order valence-electron chi connectivity index (χ0n) is 13.4. The number of aliphatic imine (C=N–C) groups is 1. The zero-order chi connectivity index (χ0) is 16.5. The molecule has 1 aromatic heterocycles. The van der Waals surface area contributed by atoms with Crippen molar-refractivity contribution in [2.24, 2.45) is 4.99 Å². The molecule has 2 N–H and O–H groups in total. The van der Waals surface area contributed by atoms with Gasteiger partial charge in [-0.25, -0.2) is 9.38 Å². The molecule has 1 aromatic carbocycles. The number of guanidine groups is 1. The van der Waals surface area contributed by atoms with Crippen LogP contribution in [0.25, 0.3) is 0 Å². The third kappa shape index (κ3) is 6.28. The number of benzene rings is 1. The molecule has 0 spiro atoms. The summed E-state index contributed by atoms with van der Waals surface area (Å²) in [7, 11) is 0. The maximum absolute atomic E-state index is 12.9. The van der Waals surface area contributed by atoms with Gasteiger partial charge in [0.15, 0.2) is 5.96 Å². The molecule has 0 amide bonds. The topological polar surface area (TPSA) is 45.7 Å². The molecule has 0 aliphatic rings. The summed E-state index contributed by atoms with van der Waals surface area (Å²) in [6.07, 6.45) is -0.0638. The van der Waals surface area contributed by atoms with Gasteiger partial charge < -0.3 is 15.4 Å². The second kappa shape index (κ2) is 9.15. The Morgan fingerprint density at radius 2 is 2.04 bits per heavy atom. The van der Waals surface area contributed by atoms with Gasteiger partial charge in [0, 0.05) is 11.4 Å². The first-order valence-corrected chi connectivity index (χ1v) is 8.52. The van der Waals surface area contributed by atoms with Gasteiger partial charge in [-0.3, -0.25) is 0 Å². The van der Waals surface area contributed by atoms with Gasteiger partial charge in [0.2, 0.25) is 0 Å². The fourth-order valence-corrected chi connectivity index (χ4v) is 2.56. The van der Waals surface area contributed by atoms with E-state index >= 15 is 0 Å². The molecule has 0 fully saturated rings. The average Bonchev–Trinajstić information content (AvgIpc) is 3.06. The van der Waals surface area contributed by atoms with Crippen LogP contribution < -0.4 is 15.4 Å². The lowest BCUT2D eigenvalue weighted by molar-refractivity contribution is 0.223. The lowest BCUT2D eigenvalue weighted by atomic mass is 10.3. The van der Waals surface area contributed by atoms with Crippen molar-refractivity contribution >= 4 is 17.3 Å². The second-order valence-electron chi connectivity index (χ2n) is 5.04. The smallest absolute Gasteiger partial charge is 0.191 e. The highest BCUT2D eigenvalue weighted by molar-refractivity contribution is 7.09. The molecular weight excluding hydrogens is 313 g/mol. The third-order valence-electron chi connectivity index (χ3n) is 3.03. The Morgan fingerprint density at radius 1 is 1.26 bits per heavy atom. The SMILES string of the molecule is CCNC(=NCc1cccs1)NCC(C)Oc1ccc(F)cc1. The largest absolute Gasteiger partial charge is 0.489 e. The number of ether oxygens (including phenoxy) is 1. The lowest BCUT2D eigenvalue weighted by Gasteiger charge is -2.17. The van der Waals surface area contributed by atoms with Crippen LogP contribution in [0.2, 0.25) is 0 Å². The van der Waals surface area contributed by atoms with E-state index in [0.717, 1.165) is 12.5 Å². The highest BCUT2D eigenvalue weighted by Gasteiger charge is 2.06. The maximum Gasteiger partial charge on any atom is 0.191 e. The minimum absolute atomic E-state index is 0.0638. The lowest BCUT2D eigenvalue weighted by Crippen LogP contribution is -2.41. The summed E-state index contributed by atoms with van der Waals surface area (Å²) in [5.41, 5.74) is 0. The fourth-order valence-electron chi connectivity index (χ4n) is 1.93. The molecule has 2 rings (SSSR count). The van der Waals surface area contributed by atoms with Gasteiger partial charge >= 0.3 is 0 Å². The summed E-state index contributed by atoms with van der Waals surface area (Å²) < 4.78 is 18.6. The Kier molecular flexibility index (Phi) is 6.87. The Bertz CT molecular complexity index is 599. The molecule has 0 aliphatic carbocycles. The Labute approximate surface area is 140 Å². The summed E-state index contributed by atoms with van der Waals surface area (Å²) in [6, 6.07) is 10.1. The van der Waals surface area contributed by atoms with Crippen molar-refractivity contribution in [2.45, 2.75) is 26.5 Å². The van der Waals surface area contributed by atoms with Gasteiger partial charge in [0.25, 0.3) is 0 Å². The molecule has 0 aliphatic heterocycles. The molecule has 0 saturated carbocycles. The first-order chi connectivity index (χ1) is 11.2. The van der Waals surface area contributed by atoms with Crippen LogP contribution in [0, 0.1) is 5.82 Å². The summed E-state index contributed by atoms with van der Waals surface area (Å²) in [5, 5.41) is 8.51. The minimum Gasteiger partial charge on any atom is -0.489 e. The van der Waals surface area contributed by atoms with E-state index in [1.807, 2.05) is 25.3 Å². The van der Waals surface area contributed by atoms with Crippen molar-refractivity contribution in [1.82, 2.24) is 10.6 Å². The summed E-state index contributed by atoms with van der Waals surface area (Å²) >= 11 is 1.69. The van der Waals surface area contributed by atoms with Crippen LogP contribution in [0.1, 0.15) is 18.7 Å². The van der Waals surface area contributed by atoms with Gasteiger partial charge in [0.05, 0.1) is 13.1 Å². The monoisotopic (exact) mass is 335 g/mol. The van der Waals surface area contributed by atoms with E-state index in [2.05, 4.69) is 21.7 Å². The van der Waals surface area contributed by atoms with Crippen LogP contribution in [0.5, 0.6) is 5.75 Å². The summed E-state index contributed by atoms with van der Waals surface area (Å²) in [5.74, 6) is 1.15. The number of nitrogens with one attached hydrogen (secondary N) is 2. The average molecular weight is 335 g/mol. The maximum atomic E-state index is 12.9. The first-order valence-electron chi connectivity index (χ1n) is 7.64. The predicted octanol–water partition coefficient (Wildman–Crippen LogP) is 3.41. The van der Waals surface area contributed by atoms with Crippen molar-refractivity contribution in [1.29, 1.82) is 0 Å². The highest BCUT2D eigenvalue weighted by atomic mass is 32.1. The van der Waals surface area contributed by atoms with E-state index in [4.69, 9.17) is 4.74 Å². The number of thiophene rings is 1. The molecule has 6 heteroatoms. The highest BCUT2D eigenvalue weighted by Crippen LogP contribution is 2.12. The Morgan fingerprint density at radius 3 is 2.70 bits per heavy atom. The number of hydrogen-bond acceptors (Lipinski definition) is 3. The molecule has 1 heterocycles. The Balaban J connectivity index is 1.82. The normalized spacial score (nSPS) is 12.7. The molecule has 2 aromatic rings. The van der Waals surface area contributed by atoms with E-state index in [1.54, 1.807) is 23.5 Å². The molecule has 23 heavy (non-hydrogen) atoms. The van der Waals surface area contributed by atoms with Crippen LogP contribution in [-0.4, -0.2) is 25.2 Å². The van der Waals surface area contributed by atoms with E-state index < -0.39 is 0 Å². The summed E-state index contributed by atoms with van der Waals surface area (Å²) in [4.78, 5) is 5.77. The van der Waals surface area contributed by atoms with E-state index in [0.29, 0.717) is 18.8 Å². The van der Waals surface area contributed by atoms with Crippen LogP contribution in [0.15, 0.2) is 46.8 Å². The molecular formula is C17H22FN3OS. The number of halogens is 1. The third-order valence-corrected chi connectivity index (χ3v) is 3.89. The van der Waals surface area contributed by atoms with E-state index in [-0.39, 0.29) is 11.9 Å². The van der Waals surface area contributed by atoms with Crippen LogP contribution in [0.4, 0.5) is 4.39 Å². The standard InChI is InChI=1S/C17H22FN3OS/c1-3-19-17(21-12-16-5-4-10-23-16)20-11-13(2)22-15-8-6-14(18)7-9-15/h4-10,13H,3,11-12H2,1-2H3,(H2,19,20,21). The van der Waals surface area contributed by atoms with Crippen molar-refractivity contribution in [3.63, 3.8) is 0 Å². The molecule has 4 nitrogen and oxygen atoms in total. The number of rotatable bonds is 7. The molecule has 1 atom stereocenters. The van der Waals surface area contributed by atoms with Crippen LogP contribution >= 0.6 is 11.3 Å². The van der Waals surface area contributed by atoms with Crippen molar-refractivity contribution in [3.8, 4) is 5.75 Å². The summed E-state index contributed by atoms with van der Waals surface area (Å²) in [6.45, 7) is 6.04. The van der Waals surface area contributed by atoms with Gasteiger partial charge in [-0.05, 0) is 49.6 Å². The molecule has 124 valence electrons. The second-order valence-corrected chi connectivity index (χ2v) is 6.07. The van der Waals surface area contributed by atoms with E-state index in [9.17, 15) is 4.39 Å². The first kappa shape index (κ1) is 17.3. The molecule has 0 saturated heterocycles. The van der Waals surface area contributed by atoms with Gasteiger partial charge in [-0.2, -0.15) is 0 Å². The molecule has 0 radical (unpaired) electrons. The van der Waals surface area contributed by atoms with Crippen molar-refractivity contribution < 1.29 is 9.13 Å². The van der Waals surface area contributed by atoms with Crippen LogP contribution in [0.3, 0.4) is 0 Å². The Hall–Kier alpha value is -2.08. The molecule has 0 bridgehead atoms. The van der Waals surface area contributed by atoms with E-state index in [1.165, 1.54) is 17.0 Å². The zero-order valence-corrected chi connectivity index (χ0v) is 14.2. The van der Waals surface area contributed by atoms with Gasteiger partial charge in [-0.1, -0.05) is 6.07 Å². The quantitative estimate of drug-likeness (QED) is 0.602. The minimum atomic E-state index is -0.265. The van der Waals surface area contributed by atoms with Gasteiger partial charge in [-0.15, -0.1) is 11.3 Å². The number of nitrogens with zero attached hydrogens (tertiary/aromatic N) is 1. The van der Waals surface area contributed by atoms with Crippen molar-refractivity contribution in [3.05, 3.63) is 52.5 Å². The van der Waals surface area contributed by atoms with Crippen molar-refractivity contribution in [2.75, 3.05) is 13.1 Å². The fraction of sp³-hybridized carbons (Fsp3) is 0.353. The van der Waals surface area contributed by atoms with Crippen LogP contribution in [-0.2, 0) is 6.54 Å². The molecule has 1 unspecified atom stereocenters.